The van der Waals surface area contributed by atoms with Crippen LogP contribution in [0.4, 0.5) is 0 Å². The normalized spacial score (nSPS) is 34.1. The molecule has 0 spiro atoms. The molecule has 0 aromatic carbocycles. The van der Waals surface area contributed by atoms with Gasteiger partial charge in [-0.1, -0.05) is 18.4 Å². The van der Waals surface area contributed by atoms with Crippen molar-refractivity contribution in [2.75, 3.05) is 32.8 Å². The summed E-state index contributed by atoms with van der Waals surface area (Å²) >= 11 is 0. The molecule has 96 valence electrons. The largest absolute Gasteiger partial charge is 0.375 e. The lowest BCUT2D eigenvalue weighted by molar-refractivity contribution is -0.0849. The van der Waals surface area contributed by atoms with E-state index >= 15 is 0 Å². The third-order valence-electron chi connectivity index (χ3n) is 4.57. The second-order valence-electron chi connectivity index (χ2n) is 5.72. The van der Waals surface area contributed by atoms with E-state index in [4.69, 9.17) is 4.74 Å². The standard InChI is InChI=1S/C14H24N2O/c1-11(12-8-15-9-12)10-16-6-7-17-14-5-3-2-4-13(14)16/h13-15H,2-10H2,1H3. The minimum absolute atomic E-state index is 0.523. The monoisotopic (exact) mass is 236 g/mol. The number of morpholine rings is 1. The molecule has 1 saturated carbocycles. The molecule has 2 aliphatic heterocycles. The topological polar surface area (TPSA) is 24.5 Å². The van der Waals surface area contributed by atoms with Crippen molar-refractivity contribution in [2.24, 2.45) is 0 Å². The van der Waals surface area contributed by atoms with Crippen molar-refractivity contribution in [1.82, 2.24) is 10.2 Å². The molecule has 17 heavy (non-hydrogen) atoms. The van der Waals surface area contributed by atoms with Gasteiger partial charge in [0.25, 0.3) is 0 Å². The number of nitrogens with one attached hydrogen (secondary N) is 1. The molecule has 2 heterocycles. The number of fused-ring (bicyclic) bond motifs is 1. The van der Waals surface area contributed by atoms with Crippen molar-refractivity contribution < 1.29 is 4.74 Å². The summed E-state index contributed by atoms with van der Waals surface area (Å²) in [6.45, 7) is 7.76. The van der Waals surface area contributed by atoms with Crippen LogP contribution in [0.1, 0.15) is 32.6 Å². The van der Waals surface area contributed by atoms with E-state index in [9.17, 15) is 0 Å². The number of hydrogen-bond donors (Lipinski definition) is 1. The average molecular weight is 236 g/mol. The molecule has 1 N–H and O–H groups in total. The summed E-state index contributed by atoms with van der Waals surface area (Å²) in [7, 11) is 0. The van der Waals surface area contributed by atoms with Gasteiger partial charge in [-0.25, -0.2) is 0 Å². The Hall–Kier alpha value is -0.380. The highest BCUT2D eigenvalue weighted by Crippen LogP contribution is 2.29. The third kappa shape index (κ3) is 2.42. The van der Waals surface area contributed by atoms with Gasteiger partial charge in [-0.3, -0.25) is 4.90 Å². The van der Waals surface area contributed by atoms with E-state index < -0.39 is 0 Å². The summed E-state index contributed by atoms with van der Waals surface area (Å²) < 4.78 is 5.92. The van der Waals surface area contributed by atoms with Gasteiger partial charge in [-0.2, -0.15) is 0 Å². The Balaban J connectivity index is 1.64. The number of hydrogen-bond acceptors (Lipinski definition) is 3. The predicted octanol–water partition coefficient (Wildman–Crippen LogP) is 1.55. The van der Waals surface area contributed by atoms with E-state index in [-0.39, 0.29) is 0 Å². The Kier molecular flexibility index (Phi) is 3.50. The highest BCUT2D eigenvalue weighted by Gasteiger charge is 2.34. The number of ether oxygens (including phenoxy) is 1. The first kappa shape index (κ1) is 11.7. The molecule has 2 atom stereocenters. The Morgan fingerprint density at radius 2 is 2.18 bits per heavy atom. The van der Waals surface area contributed by atoms with Gasteiger partial charge in [0.15, 0.2) is 0 Å². The molecule has 0 amide bonds. The predicted molar refractivity (Wildman–Crippen MR) is 69.1 cm³/mol. The van der Waals surface area contributed by atoms with E-state index in [1.165, 1.54) is 32.2 Å². The molecule has 2 unspecified atom stereocenters. The molecule has 1 aliphatic carbocycles. The van der Waals surface area contributed by atoms with E-state index in [0.29, 0.717) is 12.1 Å². The van der Waals surface area contributed by atoms with Crippen LogP contribution in [-0.2, 0) is 4.74 Å². The lowest BCUT2D eigenvalue weighted by atomic mass is 9.89. The van der Waals surface area contributed by atoms with Gasteiger partial charge in [0.1, 0.15) is 0 Å². The van der Waals surface area contributed by atoms with Gasteiger partial charge < -0.3 is 10.1 Å². The van der Waals surface area contributed by atoms with Crippen LogP contribution in [0.2, 0.25) is 0 Å². The maximum atomic E-state index is 5.92. The zero-order valence-corrected chi connectivity index (χ0v) is 10.9. The molecule has 2 saturated heterocycles. The first-order chi connectivity index (χ1) is 8.34. The summed E-state index contributed by atoms with van der Waals surface area (Å²) in [5.41, 5.74) is 3.22. The zero-order valence-electron chi connectivity index (χ0n) is 10.9. The quantitative estimate of drug-likeness (QED) is 0.736. The van der Waals surface area contributed by atoms with Gasteiger partial charge >= 0.3 is 0 Å². The second-order valence-corrected chi connectivity index (χ2v) is 5.72. The second kappa shape index (κ2) is 5.09. The van der Waals surface area contributed by atoms with Gasteiger partial charge in [-0.15, -0.1) is 0 Å². The van der Waals surface area contributed by atoms with Crippen molar-refractivity contribution in [3.05, 3.63) is 11.1 Å². The van der Waals surface area contributed by atoms with Crippen molar-refractivity contribution in [3.63, 3.8) is 0 Å². The molecule has 3 fully saturated rings. The van der Waals surface area contributed by atoms with Crippen molar-refractivity contribution in [2.45, 2.75) is 44.8 Å². The summed E-state index contributed by atoms with van der Waals surface area (Å²) in [6.07, 6.45) is 5.89. The van der Waals surface area contributed by atoms with Crippen LogP contribution < -0.4 is 5.32 Å². The summed E-state index contributed by atoms with van der Waals surface area (Å²) in [5, 5.41) is 3.33. The van der Waals surface area contributed by atoms with Crippen LogP contribution in [0.3, 0.4) is 0 Å². The Labute approximate surface area is 104 Å². The molecule has 3 aliphatic rings. The molecule has 0 radical (unpaired) electrons. The summed E-state index contributed by atoms with van der Waals surface area (Å²) in [6, 6.07) is 0.695. The Morgan fingerprint density at radius 3 is 2.94 bits per heavy atom. The minimum Gasteiger partial charge on any atom is -0.375 e. The van der Waals surface area contributed by atoms with E-state index in [1.54, 1.807) is 11.1 Å². The van der Waals surface area contributed by atoms with E-state index in [1.807, 2.05) is 0 Å². The van der Waals surface area contributed by atoms with Crippen LogP contribution in [0.15, 0.2) is 11.1 Å². The summed E-state index contributed by atoms with van der Waals surface area (Å²) in [4.78, 5) is 2.67. The third-order valence-corrected chi connectivity index (χ3v) is 4.57. The molecular formula is C14H24N2O. The molecule has 3 nitrogen and oxygen atoms in total. The molecule has 0 bridgehead atoms. The first-order valence-corrected chi connectivity index (χ1v) is 7.08. The average Bonchev–Trinajstić information content (AvgIpc) is 2.27. The van der Waals surface area contributed by atoms with Crippen molar-refractivity contribution >= 4 is 0 Å². The van der Waals surface area contributed by atoms with Crippen molar-refractivity contribution in [1.29, 1.82) is 0 Å². The van der Waals surface area contributed by atoms with Crippen LogP contribution in [0, 0.1) is 0 Å². The van der Waals surface area contributed by atoms with E-state index in [0.717, 1.165) is 26.2 Å². The fraction of sp³-hybridized carbons (Fsp3) is 0.857. The van der Waals surface area contributed by atoms with Gasteiger partial charge in [0.05, 0.1) is 12.7 Å². The first-order valence-electron chi connectivity index (χ1n) is 7.08. The maximum Gasteiger partial charge on any atom is 0.0731 e. The molecular weight excluding hydrogens is 212 g/mol. The van der Waals surface area contributed by atoms with Crippen LogP contribution >= 0.6 is 0 Å². The van der Waals surface area contributed by atoms with Gasteiger partial charge in [0, 0.05) is 32.2 Å². The minimum atomic E-state index is 0.523. The molecule has 0 aromatic rings. The van der Waals surface area contributed by atoms with Crippen molar-refractivity contribution in [3.8, 4) is 0 Å². The maximum absolute atomic E-state index is 5.92. The molecule has 3 heteroatoms. The van der Waals surface area contributed by atoms with Crippen LogP contribution in [0.25, 0.3) is 0 Å². The SMILES string of the molecule is CC(CN1CCOC2CCCCC21)=C1CNC1. The fourth-order valence-corrected chi connectivity index (χ4v) is 3.34. The highest BCUT2D eigenvalue weighted by atomic mass is 16.5. The van der Waals surface area contributed by atoms with Crippen LogP contribution in [-0.4, -0.2) is 49.8 Å². The highest BCUT2D eigenvalue weighted by molar-refractivity contribution is 5.22. The van der Waals surface area contributed by atoms with Gasteiger partial charge in [-0.05, 0) is 25.3 Å². The molecule has 3 rings (SSSR count). The Morgan fingerprint density at radius 1 is 1.35 bits per heavy atom. The van der Waals surface area contributed by atoms with Gasteiger partial charge in [0.2, 0.25) is 0 Å². The number of nitrogens with zero attached hydrogens (tertiary/aromatic N) is 1. The zero-order chi connectivity index (χ0) is 11.7. The molecule has 0 aromatic heterocycles. The number of rotatable bonds is 2. The lowest BCUT2D eigenvalue weighted by Crippen LogP contribution is -2.53. The smallest absolute Gasteiger partial charge is 0.0731 e. The summed E-state index contributed by atoms with van der Waals surface area (Å²) in [5.74, 6) is 0. The van der Waals surface area contributed by atoms with E-state index in [2.05, 4.69) is 17.1 Å². The fourth-order valence-electron chi connectivity index (χ4n) is 3.34. The Bertz CT molecular complexity index is 305. The lowest BCUT2D eigenvalue weighted by Gasteiger charge is -2.44. The van der Waals surface area contributed by atoms with Crippen LogP contribution in [0.5, 0.6) is 0 Å².